The smallest absolute Gasteiger partial charge is 0.489 e. The lowest BCUT2D eigenvalue weighted by atomic mass is 9.79. The maximum atomic E-state index is 6.47. The van der Waals surface area contributed by atoms with E-state index in [9.17, 15) is 0 Å². The molecule has 2 aromatic rings. The molecule has 0 amide bonds. The minimum absolute atomic E-state index is 0.224. The lowest BCUT2D eigenvalue weighted by Crippen LogP contribution is -2.41. The molecule has 0 aromatic heterocycles. The molecule has 0 unspecified atom stereocenters. The number of rotatable bonds is 9. The van der Waals surface area contributed by atoms with Gasteiger partial charge in [-0.3, -0.25) is 0 Å². The minimum atomic E-state index is -1.75. The van der Waals surface area contributed by atoms with Gasteiger partial charge in [0.25, 0.3) is 0 Å². The van der Waals surface area contributed by atoms with Crippen LogP contribution in [0.3, 0.4) is 0 Å². The van der Waals surface area contributed by atoms with E-state index in [1.807, 2.05) is 24.3 Å². The molecule has 1 aliphatic heterocycles. The molecular formula is C30H47BO4Si. The first-order valence-corrected chi connectivity index (χ1v) is 16.3. The molecule has 0 atom stereocenters. The van der Waals surface area contributed by atoms with Gasteiger partial charge in [0, 0.05) is 6.61 Å². The molecule has 1 saturated heterocycles. The fourth-order valence-corrected chi connectivity index (χ4v) is 5.07. The van der Waals surface area contributed by atoms with Crippen molar-refractivity contribution in [1.29, 1.82) is 0 Å². The SMILES string of the molecule is CC(C)c1ccc(COc2ccc(B3OC(C)(C)C(C)(C)O3)cc2)cc1CCO[Si](C)(C)C(C)(C)C. The van der Waals surface area contributed by atoms with Crippen molar-refractivity contribution in [3.63, 3.8) is 0 Å². The Morgan fingerprint density at radius 2 is 1.50 bits per heavy atom. The molecular weight excluding hydrogens is 463 g/mol. The second-order valence-corrected chi connectivity index (χ2v) is 17.8. The molecule has 0 aliphatic carbocycles. The molecule has 1 aliphatic rings. The Bertz CT molecular complexity index is 1010. The lowest BCUT2D eigenvalue weighted by Gasteiger charge is -2.36. The molecule has 0 bridgehead atoms. The highest BCUT2D eigenvalue weighted by Crippen LogP contribution is 2.37. The minimum Gasteiger partial charge on any atom is -0.489 e. The van der Waals surface area contributed by atoms with Gasteiger partial charge in [0.2, 0.25) is 0 Å². The molecule has 0 saturated carbocycles. The van der Waals surface area contributed by atoms with Crippen LogP contribution in [0, 0.1) is 0 Å². The zero-order valence-corrected chi connectivity index (χ0v) is 25.5. The molecule has 0 N–H and O–H groups in total. The molecule has 2 aromatic carbocycles. The van der Waals surface area contributed by atoms with E-state index in [2.05, 4.69) is 93.6 Å². The van der Waals surface area contributed by atoms with Gasteiger partial charge in [0.05, 0.1) is 11.2 Å². The van der Waals surface area contributed by atoms with E-state index < -0.39 is 8.32 Å². The highest BCUT2D eigenvalue weighted by Gasteiger charge is 2.51. The van der Waals surface area contributed by atoms with Gasteiger partial charge in [-0.15, -0.1) is 0 Å². The second-order valence-electron chi connectivity index (χ2n) is 13.0. The summed E-state index contributed by atoms with van der Waals surface area (Å²) in [6.45, 7) is 25.6. The molecule has 0 radical (unpaired) electrons. The van der Waals surface area contributed by atoms with Crippen LogP contribution in [-0.2, 0) is 26.8 Å². The first-order chi connectivity index (χ1) is 16.5. The van der Waals surface area contributed by atoms with Crippen molar-refractivity contribution in [2.75, 3.05) is 6.61 Å². The lowest BCUT2D eigenvalue weighted by molar-refractivity contribution is 0.00578. The van der Waals surface area contributed by atoms with Crippen LogP contribution in [0.25, 0.3) is 0 Å². The highest BCUT2D eigenvalue weighted by molar-refractivity contribution is 6.74. The Kier molecular flexibility index (Phi) is 8.56. The summed E-state index contributed by atoms with van der Waals surface area (Å²) in [6, 6.07) is 14.8. The first kappa shape index (κ1) is 29.0. The van der Waals surface area contributed by atoms with Crippen LogP contribution in [0.2, 0.25) is 18.1 Å². The summed E-state index contributed by atoms with van der Waals surface area (Å²) in [5, 5.41) is 0.224. The maximum Gasteiger partial charge on any atom is 0.494 e. The summed E-state index contributed by atoms with van der Waals surface area (Å²) in [4.78, 5) is 0. The normalized spacial score (nSPS) is 17.6. The Labute approximate surface area is 221 Å². The second kappa shape index (κ2) is 10.6. The van der Waals surface area contributed by atoms with Crippen LogP contribution < -0.4 is 10.2 Å². The maximum absolute atomic E-state index is 6.47. The highest BCUT2D eigenvalue weighted by atomic mass is 28.4. The molecule has 4 nitrogen and oxygen atoms in total. The van der Waals surface area contributed by atoms with E-state index in [0.717, 1.165) is 24.2 Å². The number of benzene rings is 2. The monoisotopic (exact) mass is 510 g/mol. The van der Waals surface area contributed by atoms with Crippen LogP contribution in [0.5, 0.6) is 5.75 Å². The Morgan fingerprint density at radius 3 is 2.03 bits per heavy atom. The van der Waals surface area contributed by atoms with E-state index in [0.29, 0.717) is 12.5 Å². The van der Waals surface area contributed by atoms with E-state index >= 15 is 0 Å². The number of ether oxygens (including phenoxy) is 1. The summed E-state index contributed by atoms with van der Waals surface area (Å²) >= 11 is 0. The predicted octanol–water partition coefficient (Wildman–Crippen LogP) is 7.25. The first-order valence-electron chi connectivity index (χ1n) is 13.4. The van der Waals surface area contributed by atoms with Crippen LogP contribution in [0.4, 0.5) is 0 Å². The van der Waals surface area contributed by atoms with Gasteiger partial charge in [-0.1, -0.05) is 65.0 Å². The van der Waals surface area contributed by atoms with E-state index in [1.165, 1.54) is 16.7 Å². The van der Waals surface area contributed by atoms with Crippen molar-refractivity contribution < 1.29 is 18.5 Å². The third-order valence-corrected chi connectivity index (χ3v) is 12.8. The summed E-state index contributed by atoms with van der Waals surface area (Å²) in [6.07, 6.45) is 0.927. The fourth-order valence-electron chi connectivity index (χ4n) is 4.03. The summed E-state index contributed by atoms with van der Waals surface area (Å²) < 4.78 is 24.9. The van der Waals surface area contributed by atoms with Gasteiger partial charge < -0.3 is 18.5 Å². The number of hydrogen-bond donors (Lipinski definition) is 0. The zero-order chi connectivity index (χ0) is 26.9. The summed E-state index contributed by atoms with van der Waals surface area (Å²) in [5.74, 6) is 1.32. The molecule has 198 valence electrons. The molecule has 1 heterocycles. The van der Waals surface area contributed by atoms with Gasteiger partial charge in [-0.2, -0.15) is 0 Å². The van der Waals surface area contributed by atoms with Crippen LogP contribution in [0.15, 0.2) is 42.5 Å². The predicted molar refractivity (Wildman–Crippen MR) is 154 cm³/mol. The largest absolute Gasteiger partial charge is 0.494 e. The van der Waals surface area contributed by atoms with Crippen molar-refractivity contribution >= 4 is 20.9 Å². The van der Waals surface area contributed by atoms with Gasteiger partial charge in [0.15, 0.2) is 8.32 Å². The molecule has 6 heteroatoms. The van der Waals surface area contributed by atoms with Crippen molar-refractivity contribution in [2.45, 2.75) is 111 Å². The van der Waals surface area contributed by atoms with E-state index in [1.54, 1.807) is 0 Å². The van der Waals surface area contributed by atoms with Crippen LogP contribution in [-0.4, -0.2) is 33.2 Å². The Balaban J connectivity index is 1.63. The van der Waals surface area contributed by atoms with Crippen molar-refractivity contribution in [3.05, 3.63) is 59.2 Å². The van der Waals surface area contributed by atoms with E-state index in [4.69, 9.17) is 18.5 Å². The Morgan fingerprint density at radius 1 is 0.917 bits per heavy atom. The van der Waals surface area contributed by atoms with Crippen LogP contribution in [0.1, 0.15) is 84.9 Å². The average molecular weight is 511 g/mol. The average Bonchev–Trinajstić information content (AvgIpc) is 2.98. The van der Waals surface area contributed by atoms with E-state index in [-0.39, 0.29) is 23.4 Å². The zero-order valence-electron chi connectivity index (χ0n) is 24.5. The molecule has 1 fully saturated rings. The van der Waals surface area contributed by atoms with Gasteiger partial charge >= 0.3 is 7.12 Å². The standard InChI is InChI=1S/C30H47BO4Si/c1-22(2)27-17-12-23(20-24(27)18-19-33-36(10,11)28(3,4)5)21-32-26-15-13-25(14-16-26)31-34-29(6,7)30(8,9)35-31/h12-17,20,22H,18-19,21H2,1-11H3. The third kappa shape index (κ3) is 6.63. The van der Waals surface area contributed by atoms with Gasteiger partial charge in [0.1, 0.15) is 12.4 Å². The molecule has 36 heavy (non-hydrogen) atoms. The Hall–Kier alpha value is -1.60. The summed E-state index contributed by atoms with van der Waals surface area (Å²) in [7, 11) is -2.11. The summed E-state index contributed by atoms with van der Waals surface area (Å²) in [5.41, 5.74) is 4.25. The van der Waals surface area contributed by atoms with Crippen molar-refractivity contribution in [2.24, 2.45) is 0 Å². The molecule has 0 spiro atoms. The van der Waals surface area contributed by atoms with Crippen LogP contribution >= 0.6 is 0 Å². The quantitative estimate of drug-likeness (QED) is 0.333. The van der Waals surface area contributed by atoms with Gasteiger partial charge in [-0.05, 0) is 92.5 Å². The molecule has 3 rings (SSSR count). The topological polar surface area (TPSA) is 36.9 Å². The van der Waals surface area contributed by atoms with Crippen molar-refractivity contribution in [3.8, 4) is 5.75 Å². The number of hydrogen-bond acceptors (Lipinski definition) is 4. The third-order valence-electron chi connectivity index (χ3n) is 8.28. The van der Waals surface area contributed by atoms with Crippen molar-refractivity contribution in [1.82, 2.24) is 0 Å². The van der Waals surface area contributed by atoms with Gasteiger partial charge in [-0.25, -0.2) is 0 Å². The fraction of sp³-hybridized carbons (Fsp3) is 0.600.